The number of nitrogens with zero attached hydrogens (tertiary/aromatic N) is 2. The monoisotopic (exact) mass is 301 g/mol. The fraction of sp³-hybridized carbons (Fsp3) is 0.636. The summed E-state index contributed by atoms with van der Waals surface area (Å²) >= 11 is 3.32. The third-order valence-electron chi connectivity index (χ3n) is 2.77. The van der Waals surface area contributed by atoms with Crippen molar-refractivity contribution in [3.63, 3.8) is 0 Å². The van der Waals surface area contributed by atoms with E-state index in [-0.39, 0.29) is 5.56 Å². The van der Waals surface area contributed by atoms with Crippen molar-refractivity contribution in [2.75, 3.05) is 25.6 Å². The second kappa shape index (κ2) is 5.64. The molecule has 17 heavy (non-hydrogen) atoms. The Kier molecular flexibility index (Phi) is 4.17. The first-order valence-electron chi connectivity index (χ1n) is 5.71. The van der Waals surface area contributed by atoms with E-state index >= 15 is 0 Å². The van der Waals surface area contributed by atoms with Gasteiger partial charge in [-0.15, -0.1) is 0 Å². The van der Waals surface area contributed by atoms with Gasteiger partial charge in [-0.25, -0.2) is 4.68 Å². The number of anilines is 1. The smallest absolute Gasteiger partial charge is 0.283 e. The highest BCUT2D eigenvalue weighted by Gasteiger charge is 2.21. The summed E-state index contributed by atoms with van der Waals surface area (Å²) in [5.74, 6) is 0.762. The first-order valence-corrected chi connectivity index (χ1v) is 6.50. The van der Waals surface area contributed by atoms with Gasteiger partial charge in [0.15, 0.2) is 0 Å². The molecule has 0 aromatic carbocycles. The number of aromatic nitrogens is 2. The van der Waals surface area contributed by atoms with E-state index < -0.39 is 0 Å². The van der Waals surface area contributed by atoms with Crippen LogP contribution in [0, 0.1) is 5.92 Å². The second-order valence-corrected chi connectivity index (χ2v) is 5.01. The average molecular weight is 302 g/mol. The van der Waals surface area contributed by atoms with Crippen LogP contribution in [-0.2, 0) is 11.3 Å². The molecular formula is C11H16BrN3O2. The lowest BCUT2D eigenvalue weighted by molar-refractivity contribution is 0.181. The molecule has 2 rings (SSSR count). The highest BCUT2D eigenvalue weighted by Crippen LogP contribution is 2.29. The maximum atomic E-state index is 11.9. The van der Waals surface area contributed by atoms with Crippen molar-refractivity contribution in [2.24, 2.45) is 5.92 Å². The molecule has 0 radical (unpaired) electrons. The number of hydrogen-bond donors (Lipinski definition) is 1. The maximum absolute atomic E-state index is 11.9. The summed E-state index contributed by atoms with van der Waals surface area (Å²) in [6.07, 6.45) is 4.25. The molecule has 94 valence electrons. The van der Waals surface area contributed by atoms with Gasteiger partial charge in [0.05, 0.1) is 25.0 Å². The van der Waals surface area contributed by atoms with Crippen molar-refractivity contribution in [1.82, 2.24) is 9.78 Å². The van der Waals surface area contributed by atoms with Crippen molar-refractivity contribution in [2.45, 2.75) is 19.4 Å². The number of hydrogen-bond acceptors (Lipinski definition) is 4. The molecule has 0 amide bonds. The summed E-state index contributed by atoms with van der Waals surface area (Å²) in [7, 11) is 1.60. The van der Waals surface area contributed by atoms with Crippen LogP contribution in [0.1, 0.15) is 12.8 Å². The molecule has 1 N–H and O–H groups in total. The van der Waals surface area contributed by atoms with Crippen LogP contribution in [-0.4, -0.2) is 30.0 Å². The Hall–Kier alpha value is -0.880. The number of ether oxygens (including phenoxy) is 1. The number of methoxy groups -OCH3 is 1. The van der Waals surface area contributed by atoms with Crippen LogP contribution >= 0.6 is 15.9 Å². The van der Waals surface area contributed by atoms with Gasteiger partial charge < -0.3 is 10.1 Å². The minimum Gasteiger partial charge on any atom is -0.383 e. The largest absolute Gasteiger partial charge is 0.383 e. The maximum Gasteiger partial charge on any atom is 0.283 e. The van der Waals surface area contributed by atoms with E-state index in [1.54, 1.807) is 13.3 Å². The van der Waals surface area contributed by atoms with Gasteiger partial charge in [-0.2, -0.15) is 5.10 Å². The molecule has 1 aromatic rings. The van der Waals surface area contributed by atoms with E-state index in [1.807, 2.05) is 0 Å². The molecule has 1 aliphatic rings. The Labute approximate surface area is 108 Å². The SMILES string of the molecule is COCCn1ncc(NCC2CC2)c(Br)c1=O. The molecule has 0 saturated heterocycles. The molecule has 1 aliphatic carbocycles. The van der Waals surface area contributed by atoms with Crippen LogP contribution in [0.4, 0.5) is 5.69 Å². The summed E-state index contributed by atoms with van der Waals surface area (Å²) in [4.78, 5) is 11.9. The first kappa shape index (κ1) is 12.6. The van der Waals surface area contributed by atoms with Crippen molar-refractivity contribution >= 4 is 21.6 Å². The van der Waals surface area contributed by atoms with Crippen LogP contribution in [0.5, 0.6) is 0 Å². The normalized spacial score (nSPS) is 14.9. The quantitative estimate of drug-likeness (QED) is 0.864. The van der Waals surface area contributed by atoms with E-state index in [0.717, 1.165) is 18.2 Å². The zero-order valence-electron chi connectivity index (χ0n) is 9.78. The van der Waals surface area contributed by atoms with Gasteiger partial charge >= 0.3 is 0 Å². The van der Waals surface area contributed by atoms with Gasteiger partial charge in [-0.1, -0.05) is 0 Å². The average Bonchev–Trinajstić information content (AvgIpc) is 3.14. The van der Waals surface area contributed by atoms with Gasteiger partial charge in [0.25, 0.3) is 5.56 Å². The van der Waals surface area contributed by atoms with Crippen LogP contribution in [0.25, 0.3) is 0 Å². The molecule has 1 fully saturated rings. The van der Waals surface area contributed by atoms with E-state index in [2.05, 4.69) is 26.3 Å². The van der Waals surface area contributed by atoms with Gasteiger partial charge in [0, 0.05) is 13.7 Å². The lowest BCUT2D eigenvalue weighted by atomic mass is 10.4. The van der Waals surface area contributed by atoms with Gasteiger partial charge in [0.2, 0.25) is 0 Å². The van der Waals surface area contributed by atoms with E-state index in [0.29, 0.717) is 17.6 Å². The Morgan fingerprint density at radius 1 is 1.65 bits per heavy atom. The van der Waals surface area contributed by atoms with Crippen molar-refractivity contribution in [1.29, 1.82) is 0 Å². The predicted octanol–water partition coefficient (Wildman–Crippen LogP) is 1.47. The van der Waals surface area contributed by atoms with Crippen molar-refractivity contribution < 1.29 is 4.74 Å². The highest BCUT2D eigenvalue weighted by molar-refractivity contribution is 9.10. The number of nitrogens with one attached hydrogen (secondary N) is 1. The van der Waals surface area contributed by atoms with Crippen molar-refractivity contribution in [3.05, 3.63) is 21.0 Å². The third kappa shape index (κ3) is 3.29. The molecule has 0 bridgehead atoms. The Balaban J connectivity index is 2.07. The lowest BCUT2D eigenvalue weighted by Gasteiger charge is -2.09. The molecular weight excluding hydrogens is 286 g/mol. The third-order valence-corrected chi connectivity index (χ3v) is 3.54. The topological polar surface area (TPSA) is 56.1 Å². The molecule has 1 aromatic heterocycles. The van der Waals surface area contributed by atoms with E-state index in [1.165, 1.54) is 17.5 Å². The van der Waals surface area contributed by atoms with E-state index in [9.17, 15) is 4.79 Å². The van der Waals surface area contributed by atoms with Crippen LogP contribution < -0.4 is 10.9 Å². The summed E-state index contributed by atoms with van der Waals surface area (Å²) in [5, 5.41) is 7.35. The Morgan fingerprint density at radius 2 is 2.41 bits per heavy atom. The fourth-order valence-electron chi connectivity index (χ4n) is 1.50. The zero-order valence-corrected chi connectivity index (χ0v) is 11.4. The Bertz CT molecular complexity index is 443. The number of halogens is 1. The predicted molar refractivity (Wildman–Crippen MR) is 69.3 cm³/mol. The minimum absolute atomic E-state index is 0.122. The lowest BCUT2D eigenvalue weighted by Crippen LogP contribution is -2.26. The molecule has 0 aliphatic heterocycles. The van der Waals surface area contributed by atoms with Crippen LogP contribution in [0.2, 0.25) is 0 Å². The molecule has 1 heterocycles. The molecule has 5 nitrogen and oxygen atoms in total. The molecule has 0 spiro atoms. The highest BCUT2D eigenvalue weighted by atomic mass is 79.9. The van der Waals surface area contributed by atoms with E-state index in [4.69, 9.17) is 4.74 Å². The first-order chi connectivity index (χ1) is 8.22. The summed E-state index contributed by atoms with van der Waals surface area (Å²) < 4.78 is 6.87. The van der Waals surface area contributed by atoms with Gasteiger partial charge in [-0.3, -0.25) is 4.79 Å². The second-order valence-electron chi connectivity index (χ2n) is 4.22. The molecule has 0 unspecified atom stereocenters. The van der Waals surface area contributed by atoms with Crippen LogP contribution in [0.3, 0.4) is 0 Å². The summed E-state index contributed by atoms with van der Waals surface area (Å²) in [6, 6.07) is 0. The molecule has 0 atom stereocenters. The van der Waals surface area contributed by atoms with Gasteiger partial charge in [-0.05, 0) is 34.7 Å². The number of rotatable bonds is 6. The molecule has 6 heteroatoms. The van der Waals surface area contributed by atoms with Crippen molar-refractivity contribution in [3.8, 4) is 0 Å². The minimum atomic E-state index is -0.122. The zero-order chi connectivity index (χ0) is 12.3. The summed E-state index contributed by atoms with van der Waals surface area (Å²) in [5.41, 5.74) is 0.651. The molecule has 1 saturated carbocycles. The van der Waals surface area contributed by atoms with Crippen LogP contribution in [0.15, 0.2) is 15.5 Å². The van der Waals surface area contributed by atoms with Gasteiger partial charge in [0.1, 0.15) is 4.47 Å². The summed E-state index contributed by atoms with van der Waals surface area (Å²) in [6.45, 7) is 1.87. The standard InChI is InChI=1S/C11H16BrN3O2/c1-17-5-4-15-11(16)10(12)9(7-14-15)13-6-8-2-3-8/h7-8,13H,2-6H2,1H3. The fourth-order valence-corrected chi connectivity index (χ4v) is 1.95. The Morgan fingerprint density at radius 3 is 3.06 bits per heavy atom.